The van der Waals surface area contributed by atoms with E-state index in [1.165, 1.54) is 6.07 Å². The minimum atomic E-state index is -0.951. The molecule has 0 saturated heterocycles. The molecule has 5 heteroatoms. The molecule has 0 heterocycles. The Bertz CT molecular complexity index is 340. The van der Waals surface area contributed by atoms with Gasteiger partial charge >= 0.3 is 0 Å². The lowest BCUT2D eigenvalue weighted by Crippen LogP contribution is -2.02. The number of alkyl halides is 1. The van der Waals surface area contributed by atoms with E-state index in [9.17, 15) is 14.9 Å². The Hall–Kier alpha value is -1.23. The van der Waals surface area contributed by atoms with E-state index in [1.807, 2.05) is 0 Å². The average Bonchev–Trinajstić information content (AvgIpc) is 2.16. The van der Waals surface area contributed by atoms with Crippen LogP contribution >= 0.6 is 15.9 Å². The van der Waals surface area contributed by atoms with Gasteiger partial charge in [-0.15, -0.1) is 0 Å². The summed E-state index contributed by atoms with van der Waals surface area (Å²) in [5.41, 5.74) is 0.901. The minimum absolute atomic E-state index is 0.434. The van der Waals surface area contributed by atoms with Crippen LogP contribution < -0.4 is 0 Å². The summed E-state index contributed by atoms with van der Waals surface area (Å²) in [6.07, 6.45) is 0.656. The summed E-state index contributed by atoms with van der Waals surface area (Å²) in [6, 6.07) is 6.28. The lowest BCUT2D eigenvalue weighted by Gasteiger charge is -2.01. The number of carbonyl (C=O) groups is 1. The molecule has 1 aromatic carbocycles. The van der Waals surface area contributed by atoms with Gasteiger partial charge in [-0.3, -0.25) is 14.9 Å². The summed E-state index contributed by atoms with van der Waals surface area (Å²) < 4.78 is 0. The van der Waals surface area contributed by atoms with E-state index in [2.05, 4.69) is 15.9 Å². The van der Waals surface area contributed by atoms with Gasteiger partial charge in [-0.1, -0.05) is 18.2 Å². The lowest BCUT2D eigenvalue weighted by atomic mass is 10.1. The highest BCUT2D eigenvalue weighted by Gasteiger charge is 2.17. The fourth-order valence-corrected chi connectivity index (χ4v) is 1.19. The summed E-state index contributed by atoms with van der Waals surface area (Å²) in [5.74, 6) is 0. The fraction of sp³-hybridized carbons (Fsp3) is 0.125. The molecule has 0 aromatic heterocycles. The van der Waals surface area contributed by atoms with E-state index in [0.29, 0.717) is 17.4 Å². The smallest absolute Gasteiger partial charge is 0.290 e. The number of carbonyl (C=O) groups excluding carboxylic acids is 1. The minimum Gasteiger partial charge on any atom is -0.298 e. The Labute approximate surface area is 82.8 Å². The van der Waals surface area contributed by atoms with Crippen LogP contribution in [-0.4, -0.2) is 11.2 Å². The van der Waals surface area contributed by atoms with E-state index < -0.39 is 9.87 Å². The number of rotatable bonds is 3. The maximum absolute atomic E-state index is 10.4. The Kier molecular flexibility index (Phi) is 3.13. The van der Waals surface area contributed by atoms with Crippen LogP contribution in [0.2, 0.25) is 0 Å². The molecule has 0 fully saturated rings. The predicted molar refractivity (Wildman–Crippen MR) is 50.5 cm³/mol. The first-order valence-corrected chi connectivity index (χ1v) is 4.39. The van der Waals surface area contributed by atoms with Crippen molar-refractivity contribution in [2.75, 3.05) is 0 Å². The van der Waals surface area contributed by atoms with Crippen LogP contribution in [0.25, 0.3) is 0 Å². The molecule has 0 amide bonds. The molecule has 13 heavy (non-hydrogen) atoms. The van der Waals surface area contributed by atoms with Crippen molar-refractivity contribution in [3.05, 3.63) is 45.5 Å². The fourth-order valence-electron chi connectivity index (χ4n) is 0.902. The molecule has 0 aliphatic carbocycles. The van der Waals surface area contributed by atoms with E-state index in [0.717, 1.165) is 0 Å². The monoisotopic (exact) mass is 243 g/mol. The molecular weight excluding hydrogens is 238 g/mol. The van der Waals surface area contributed by atoms with Crippen molar-refractivity contribution < 1.29 is 9.72 Å². The highest BCUT2D eigenvalue weighted by molar-refractivity contribution is 9.09. The van der Waals surface area contributed by atoms with Gasteiger partial charge < -0.3 is 0 Å². The summed E-state index contributed by atoms with van der Waals surface area (Å²) in [4.78, 5) is 19.3. The summed E-state index contributed by atoms with van der Waals surface area (Å²) >= 11 is 2.90. The first-order chi connectivity index (χ1) is 6.15. The number of halogens is 1. The number of hydrogen-bond acceptors (Lipinski definition) is 3. The van der Waals surface area contributed by atoms with Crippen molar-refractivity contribution in [1.29, 1.82) is 0 Å². The van der Waals surface area contributed by atoms with E-state index in [1.54, 1.807) is 18.2 Å². The van der Waals surface area contributed by atoms with Gasteiger partial charge in [0.25, 0.3) is 4.95 Å². The van der Waals surface area contributed by atoms with Gasteiger partial charge in [0.2, 0.25) is 0 Å². The van der Waals surface area contributed by atoms with Crippen LogP contribution in [0.5, 0.6) is 0 Å². The molecule has 0 radical (unpaired) electrons. The Morgan fingerprint density at radius 2 is 2.23 bits per heavy atom. The SMILES string of the molecule is O=Cc1cccc(C(Br)[N+](=O)[O-])c1. The summed E-state index contributed by atoms with van der Waals surface area (Å²) in [7, 11) is 0. The van der Waals surface area contributed by atoms with Crippen molar-refractivity contribution in [2.45, 2.75) is 4.95 Å². The zero-order valence-electron chi connectivity index (χ0n) is 6.51. The average molecular weight is 244 g/mol. The molecule has 0 saturated carbocycles. The van der Waals surface area contributed by atoms with Crippen molar-refractivity contribution in [1.82, 2.24) is 0 Å². The maximum Gasteiger partial charge on any atom is 0.290 e. The topological polar surface area (TPSA) is 60.2 Å². The summed E-state index contributed by atoms with van der Waals surface area (Å²) in [5, 5.41) is 10.4. The number of aldehydes is 1. The second-order valence-electron chi connectivity index (χ2n) is 2.41. The third kappa shape index (κ3) is 2.35. The van der Waals surface area contributed by atoms with Gasteiger partial charge in [-0.05, 0) is 6.07 Å². The van der Waals surface area contributed by atoms with Gasteiger partial charge in [0.05, 0.1) is 0 Å². The quantitative estimate of drug-likeness (QED) is 0.269. The van der Waals surface area contributed by atoms with Crippen molar-refractivity contribution >= 4 is 22.2 Å². The highest BCUT2D eigenvalue weighted by atomic mass is 79.9. The lowest BCUT2D eigenvalue weighted by molar-refractivity contribution is -0.498. The third-order valence-electron chi connectivity index (χ3n) is 1.51. The molecule has 1 aromatic rings. The Balaban J connectivity index is 3.01. The first kappa shape index (κ1) is 9.85. The molecule has 0 aliphatic heterocycles. The molecule has 0 aliphatic rings. The van der Waals surface area contributed by atoms with Crippen molar-refractivity contribution in [3.8, 4) is 0 Å². The third-order valence-corrected chi connectivity index (χ3v) is 2.37. The number of nitrogens with zero attached hydrogens (tertiary/aromatic N) is 1. The molecule has 4 nitrogen and oxygen atoms in total. The van der Waals surface area contributed by atoms with Crippen LogP contribution in [0.1, 0.15) is 20.9 Å². The molecule has 1 rings (SSSR count). The van der Waals surface area contributed by atoms with Crippen LogP contribution in [0, 0.1) is 10.1 Å². The van der Waals surface area contributed by atoms with Crippen molar-refractivity contribution in [2.24, 2.45) is 0 Å². The summed E-state index contributed by atoms with van der Waals surface area (Å²) in [6.45, 7) is 0. The van der Waals surface area contributed by atoms with Crippen molar-refractivity contribution in [3.63, 3.8) is 0 Å². The maximum atomic E-state index is 10.4. The standard InChI is InChI=1S/C8H6BrNO3/c9-8(10(12)13)7-3-1-2-6(4-7)5-11/h1-5,8H. The zero-order chi connectivity index (χ0) is 9.84. The molecule has 68 valence electrons. The normalized spacial score (nSPS) is 12.1. The second kappa shape index (κ2) is 4.13. The van der Waals surface area contributed by atoms with Crippen LogP contribution in [-0.2, 0) is 0 Å². The zero-order valence-corrected chi connectivity index (χ0v) is 8.10. The van der Waals surface area contributed by atoms with Gasteiger partial charge in [0.1, 0.15) is 6.29 Å². The number of nitro groups is 1. The van der Waals surface area contributed by atoms with Gasteiger partial charge in [0, 0.05) is 32.0 Å². The molecule has 1 atom stereocenters. The predicted octanol–water partition coefficient (Wildman–Crippen LogP) is 2.17. The largest absolute Gasteiger partial charge is 0.298 e. The highest BCUT2D eigenvalue weighted by Crippen LogP contribution is 2.23. The van der Waals surface area contributed by atoms with E-state index in [-0.39, 0.29) is 0 Å². The van der Waals surface area contributed by atoms with Crippen LogP contribution in [0.15, 0.2) is 24.3 Å². The van der Waals surface area contributed by atoms with E-state index in [4.69, 9.17) is 0 Å². The molecule has 1 unspecified atom stereocenters. The Morgan fingerprint density at radius 3 is 2.77 bits per heavy atom. The molecule has 0 bridgehead atoms. The first-order valence-electron chi connectivity index (χ1n) is 3.48. The molecule has 0 N–H and O–H groups in total. The van der Waals surface area contributed by atoms with Crippen LogP contribution in [0.4, 0.5) is 0 Å². The van der Waals surface area contributed by atoms with Gasteiger partial charge in [-0.2, -0.15) is 0 Å². The molecular formula is C8H6BrNO3. The number of benzene rings is 1. The Morgan fingerprint density at radius 1 is 1.54 bits per heavy atom. The van der Waals surface area contributed by atoms with Crippen LogP contribution in [0.3, 0.4) is 0 Å². The molecule has 0 spiro atoms. The van der Waals surface area contributed by atoms with Gasteiger partial charge in [0.15, 0.2) is 0 Å². The number of hydrogen-bond donors (Lipinski definition) is 0. The second-order valence-corrected chi connectivity index (χ2v) is 3.28. The van der Waals surface area contributed by atoms with E-state index >= 15 is 0 Å². The van der Waals surface area contributed by atoms with Gasteiger partial charge in [-0.25, -0.2) is 0 Å².